The Bertz CT molecular complexity index is 536. The molecule has 0 aromatic carbocycles. The summed E-state index contributed by atoms with van der Waals surface area (Å²) in [4.78, 5) is 26.9. The first-order chi connectivity index (χ1) is 9.92. The lowest BCUT2D eigenvalue weighted by Crippen LogP contribution is -2.40. The Morgan fingerprint density at radius 1 is 1.48 bits per heavy atom. The van der Waals surface area contributed by atoms with Gasteiger partial charge in [0.25, 0.3) is 5.91 Å². The Kier molecular flexibility index (Phi) is 5.04. The molecule has 0 fully saturated rings. The van der Waals surface area contributed by atoms with E-state index in [1.165, 1.54) is 28.2 Å². The van der Waals surface area contributed by atoms with Crippen LogP contribution >= 0.6 is 11.3 Å². The molecule has 1 aromatic rings. The van der Waals surface area contributed by atoms with E-state index < -0.39 is 5.97 Å². The number of nitrogens with zero attached hydrogens (tertiary/aromatic N) is 1. The fourth-order valence-electron chi connectivity index (χ4n) is 2.83. The second-order valence-corrected chi connectivity index (χ2v) is 7.13. The van der Waals surface area contributed by atoms with Gasteiger partial charge in [-0.05, 0) is 50.7 Å². The van der Waals surface area contributed by atoms with Crippen LogP contribution in [-0.2, 0) is 17.6 Å². The maximum Gasteiger partial charge on any atom is 0.323 e. The van der Waals surface area contributed by atoms with Gasteiger partial charge in [-0.3, -0.25) is 9.59 Å². The maximum atomic E-state index is 12.6. The molecular formula is C16H23NO3S. The number of aryl methyl sites for hydroxylation is 1. The number of amides is 1. The Hall–Kier alpha value is -1.36. The monoisotopic (exact) mass is 309 g/mol. The van der Waals surface area contributed by atoms with E-state index in [1.807, 2.05) is 19.9 Å². The number of carboxylic acid groups (broad SMARTS) is 1. The molecule has 4 nitrogen and oxygen atoms in total. The van der Waals surface area contributed by atoms with Crippen molar-refractivity contribution in [1.29, 1.82) is 0 Å². The topological polar surface area (TPSA) is 57.6 Å². The lowest BCUT2D eigenvalue weighted by molar-refractivity contribution is -0.138. The number of carbonyl (C=O) groups is 2. The van der Waals surface area contributed by atoms with Crippen LogP contribution in [0.25, 0.3) is 0 Å². The van der Waals surface area contributed by atoms with Gasteiger partial charge < -0.3 is 10.0 Å². The van der Waals surface area contributed by atoms with Gasteiger partial charge in [-0.2, -0.15) is 0 Å². The van der Waals surface area contributed by atoms with Crippen molar-refractivity contribution < 1.29 is 14.7 Å². The predicted octanol–water partition coefficient (Wildman–Crippen LogP) is 3.20. The molecular weight excluding hydrogens is 286 g/mol. The van der Waals surface area contributed by atoms with Gasteiger partial charge in [-0.15, -0.1) is 11.3 Å². The van der Waals surface area contributed by atoms with Crippen LogP contribution in [0.5, 0.6) is 0 Å². The molecule has 1 N–H and O–H groups in total. The summed E-state index contributed by atoms with van der Waals surface area (Å²) in [6.07, 6.45) is 4.47. The molecule has 21 heavy (non-hydrogen) atoms. The molecule has 0 saturated carbocycles. The van der Waals surface area contributed by atoms with E-state index >= 15 is 0 Å². The van der Waals surface area contributed by atoms with Crippen molar-refractivity contribution in [2.45, 2.75) is 52.5 Å². The van der Waals surface area contributed by atoms with E-state index in [1.54, 1.807) is 11.3 Å². The molecule has 116 valence electrons. The predicted molar refractivity (Wildman–Crippen MR) is 83.9 cm³/mol. The summed E-state index contributed by atoms with van der Waals surface area (Å²) in [5.74, 6) is -0.403. The summed E-state index contributed by atoms with van der Waals surface area (Å²) in [5, 5.41) is 8.97. The molecule has 1 amide bonds. The first-order valence-corrected chi connectivity index (χ1v) is 8.38. The average Bonchev–Trinajstić information content (AvgIpc) is 2.86. The molecule has 1 unspecified atom stereocenters. The summed E-state index contributed by atoms with van der Waals surface area (Å²) in [6.45, 7) is 5.67. The smallest absolute Gasteiger partial charge is 0.323 e. The first-order valence-electron chi connectivity index (χ1n) is 7.56. The van der Waals surface area contributed by atoms with E-state index in [0.717, 1.165) is 18.8 Å². The van der Waals surface area contributed by atoms with Crippen molar-refractivity contribution in [3.05, 3.63) is 21.4 Å². The van der Waals surface area contributed by atoms with Crippen LogP contribution in [0.1, 0.15) is 53.7 Å². The molecule has 1 heterocycles. The number of hydrogen-bond donors (Lipinski definition) is 1. The standard InChI is InChI=1S/C16H23NO3S/c1-4-11-5-6-13-12(7-11)8-14(21-13)16(20)17(10(2)3)9-15(18)19/h8,10-11H,4-7,9H2,1-3H3,(H,18,19). The largest absolute Gasteiger partial charge is 0.480 e. The molecule has 1 aliphatic rings. The third kappa shape index (κ3) is 3.64. The summed E-state index contributed by atoms with van der Waals surface area (Å²) in [7, 11) is 0. The number of rotatable bonds is 5. The Morgan fingerprint density at radius 3 is 2.76 bits per heavy atom. The van der Waals surface area contributed by atoms with Crippen molar-refractivity contribution in [3.63, 3.8) is 0 Å². The highest BCUT2D eigenvalue weighted by Crippen LogP contribution is 2.34. The fraction of sp³-hybridized carbons (Fsp3) is 0.625. The first kappa shape index (κ1) is 16.0. The van der Waals surface area contributed by atoms with E-state index in [2.05, 4.69) is 6.92 Å². The molecule has 2 rings (SSSR count). The van der Waals surface area contributed by atoms with Gasteiger partial charge in [-0.25, -0.2) is 0 Å². The Balaban J connectivity index is 2.19. The van der Waals surface area contributed by atoms with E-state index in [-0.39, 0.29) is 18.5 Å². The number of fused-ring (bicyclic) bond motifs is 1. The summed E-state index contributed by atoms with van der Waals surface area (Å²) >= 11 is 1.54. The molecule has 1 atom stereocenters. The zero-order valence-corrected chi connectivity index (χ0v) is 13.7. The van der Waals surface area contributed by atoms with Crippen LogP contribution in [0.15, 0.2) is 6.07 Å². The maximum absolute atomic E-state index is 12.6. The minimum Gasteiger partial charge on any atom is -0.480 e. The van der Waals surface area contributed by atoms with Crippen molar-refractivity contribution in [1.82, 2.24) is 4.90 Å². The zero-order chi connectivity index (χ0) is 15.6. The van der Waals surface area contributed by atoms with Gasteiger partial charge in [0.05, 0.1) is 4.88 Å². The number of hydrogen-bond acceptors (Lipinski definition) is 3. The number of aliphatic carboxylic acids is 1. The minimum atomic E-state index is -0.968. The number of carbonyl (C=O) groups excluding carboxylic acids is 1. The van der Waals surface area contributed by atoms with Crippen LogP contribution < -0.4 is 0 Å². The highest BCUT2D eigenvalue weighted by Gasteiger charge is 2.26. The lowest BCUT2D eigenvalue weighted by atomic mass is 9.87. The SMILES string of the molecule is CCC1CCc2sc(C(=O)N(CC(=O)O)C(C)C)cc2C1. The fourth-order valence-corrected chi connectivity index (χ4v) is 3.99. The zero-order valence-electron chi connectivity index (χ0n) is 12.9. The number of carboxylic acids is 1. The normalized spacial score (nSPS) is 17.6. The quantitative estimate of drug-likeness (QED) is 0.908. The molecule has 5 heteroatoms. The van der Waals surface area contributed by atoms with Gasteiger partial charge in [0, 0.05) is 10.9 Å². The van der Waals surface area contributed by atoms with Crippen LogP contribution in [0.2, 0.25) is 0 Å². The molecule has 1 aromatic heterocycles. The van der Waals surface area contributed by atoms with Gasteiger partial charge in [-0.1, -0.05) is 13.3 Å². The summed E-state index contributed by atoms with van der Waals surface area (Å²) < 4.78 is 0. The van der Waals surface area contributed by atoms with Crippen molar-refractivity contribution >= 4 is 23.2 Å². The third-order valence-corrected chi connectivity index (χ3v) is 5.39. The average molecular weight is 309 g/mol. The van der Waals surface area contributed by atoms with Crippen LogP contribution in [0.3, 0.4) is 0 Å². The minimum absolute atomic E-state index is 0.115. The van der Waals surface area contributed by atoms with Crippen molar-refractivity contribution in [2.75, 3.05) is 6.54 Å². The number of thiophene rings is 1. The van der Waals surface area contributed by atoms with Gasteiger partial charge in [0.2, 0.25) is 0 Å². The third-order valence-electron chi connectivity index (χ3n) is 4.16. The second kappa shape index (κ2) is 6.60. The molecule has 0 saturated heterocycles. The summed E-state index contributed by atoms with van der Waals surface area (Å²) in [5.41, 5.74) is 1.29. The molecule has 1 aliphatic carbocycles. The molecule has 0 spiro atoms. The Labute approximate surface area is 129 Å². The highest BCUT2D eigenvalue weighted by molar-refractivity contribution is 7.14. The van der Waals surface area contributed by atoms with Gasteiger partial charge >= 0.3 is 5.97 Å². The van der Waals surface area contributed by atoms with E-state index in [9.17, 15) is 9.59 Å². The molecule has 0 aliphatic heterocycles. The van der Waals surface area contributed by atoms with Crippen LogP contribution in [-0.4, -0.2) is 34.5 Å². The van der Waals surface area contributed by atoms with E-state index in [4.69, 9.17) is 5.11 Å². The molecule has 0 bridgehead atoms. The highest BCUT2D eigenvalue weighted by atomic mass is 32.1. The van der Waals surface area contributed by atoms with E-state index in [0.29, 0.717) is 4.88 Å². The summed E-state index contributed by atoms with van der Waals surface area (Å²) in [6, 6.07) is 1.87. The lowest BCUT2D eigenvalue weighted by Gasteiger charge is -2.24. The van der Waals surface area contributed by atoms with Crippen molar-refractivity contribution in [2.24, 2.45) is 5.92 Å². The van der Waals surface area contributed by atoms with Gasteiger partial charge in [0.15, 0.2) is 0 Å². The van der Waals surface area contributed by atoms with Gasteiger partial charge in [0.1, 0.15) is 6.54 Å². The van der Waals surface area contributed by atoms with Crippen molar-refractivity contribution in [3.8, 4) is 0 Å². The molecule has 0 radical (unpaired) electrons. The Morgan fingerprint density at radius 2 is 2.19 bits per heavy atom. The van der Waals surface area contributed by atoms with Crippen LogP contribution in [0, 0.1) is 5.92 Å². The second-order valence-electron chi connectivity index (χ2n) is 6.00. The van der Waals surface area contributed by atoms with Crippen LogP contribution in [0.4, 0.5) is 0 Å².